The molecule has 7 heteroatoms. The van der Waals surface area contributed by atoms with Crippen molar-refractivity contribution in [1.29, 1.82) is 0 Å². The number of hydrogen-bond donors (Lipinski definition) is 1. The molecule has 1 aromatic carbocycles. The fourth-order valence-corrected chi connectivity index (χ4v) is 4.12. The molecule has 2 heterocycles. The lowest BCUT2D eigenvalue weighted by molar-refractivity contribution is -0.132. The second kappa shape index (κ2) is 11.4. The highest BCUT2D eigenvalue weighted by Gasteiger charge is 2.17. The third-order valence-electron chi connectivity index (χ3n) is 4.71. The highest BCUT2D eigenvalue weighted by molar-refractivity contribution is 7.11. The van der Waals surface area contributed by atoms with Gasteiger partial charge in [0.1, 0.15) is 11.5 Å². The zero-order valence-electron chi connectivity index (χ0n) is 17.9. The highest BCUT2D eigenvalue weighted by atomic mass is 32.1. The molecular weight excluding hydrogens is 412 g/mol. The predicted octanol–water partition coefficient (Wildman–Crippen LogP) is 4.79. The third-order valence-corrected chi connectivity index (χ3v) is 5.69. The van der Waals surface area contributed by atoms with Crippen molar-refractivity contribution in [3.63, 3.8) is 0 Å². The van der Waals surface area contributed by atoms with Gasteiger partial charge in [-0.1, -0.05) is 12.1 Å². The number of ether oxygens (including phenoxy) is 1. The summed E-state index contributed by atoms with van der Waals surface area (Å²) in [6.45, 7) is 5.82. The summed E-state index contributed by atoms with van der Waals surface area (Å²) in [6, 6.07) is 15.0. The van der Waals surface area contributed by atoms with Crippen LogP contribution < -0.4 is 10.1 Å². The number of aryl methyl sites for hydroxylation is 1. The number of nitrogens with one attached hydrogen (secondary N) is 1. The smallest absolute Gasteiger partial charge is 0.255 e. The number of benzene rings is 1. The van der Waals surface area contributed by atoms with Gasteiger partial charge in [0.2, 0.25) is 5.91 Å². The van der Waals surface area contributed by atoms with Crippen LogP contribution in [-0.4, -0.2) is 29.9 Å². The van der Waals surface area contributed by atoms with Gasteiger partial charge in [0.05, 0.1) is 31.5 Å². The van der Waals surface area contributed by atoms with Crippen LogP contribution in [0.1, 0.15) is 45.6 Å². The Hall–Kier alpha value is -3.06. The van der Waals surface area contributed by atoms with Crippen LogP contribution in [0.4, 0.5) is 0 Å². The van der Waals surface area contributed by atoms with Crippen molar-refractivity contribution in [3.05, 3.63) is 75.9 Å². The molecule has 31 heavy (non-hydrogen) atoms. The summed E-state index contributed by atoms with van der Waals surface area (Å²) >= 11 is 1.69. The molecule has 0 spiro atoms. The van der Waals surface area contributed by atoms with Crippen LogP contribution in [0.25, 0.3) is 0 Å². The van der Waals surface area contributed by atoms with Crippen molar-refractivity contribution in [2.45, 2.75) is 39.8 Å². The van der Waals surface area contributed by atoms with Crippen molar-refractivity contribution in [2.75, 3.05) is 13.2 Å². The van der Waals surface area contributed by atoms with Gasteiger partial charge in [-0.3, -0.25) is 9.59 Å². The van der Waals surface area contributed by atoms with Gasteiger partial charge in [0.25, 0.3) is 5.91 Å². The van der Waals surface area contributed by atoms with E-state index in [0.29, 0.717) is 50.4 Å². The van der Waals surface area contributed by atoms with Crippen LogP contribution >= 0.6 is 11.3 Å². The first kappa shape index (κ1) is 22.6. The van der Waals surface area contributed by atoms with Crippen molar-refractivity contribution in [2.24, 2.45) is 0 Å². The Balaban J connectivity index is 1.52. The molecule has 3 aromatic rings. The molecule has 0 saturated carbocycles. The number of hydrogen-bond acceptors (Lipinski definition) is 5. The highest BCUT2D eigenvalue weighted by Crippen LogP contribution is 2.20. The lowest BCUT2D eigenvalue weighted by Gasteiger charge is -2.21. The maximum absolute atomic E-state index is 12.9. The van der Waals surface area contributed by atoms with E-state index < -0.39 is 0 Å². The molecule has 0 bridgehead atoms. The van der Waals surface area contributed by atoms with E-state index in [-0.39, 0.29) is 11.8 Å². The van der Waals surface area contributed by atoms with Crippen LogP contribution in [0.5, 0.6) is 5.75 Å². The number of furan rings is 1. The van der Waals surface area contributed by atoms with Gasteiger partial charge in [-0.15, -0.1) is 11.3 Å². The van der Waals surface area contributed by atoms with Crippen LogP contribution in [0.15, 0.2) is 59.2 Å². The topological polar surface area (TPSA) is 71.8 Å². The number of nitrogens with zero attached hydrogens (tertiary/aromatic N) is 1. The normalized spacial score (nSPS) is 10.6. The van der Waals surface area contributed by atoms with E-state index in [1.165, 1.54) is 4.88 Å². The average molecular weight is 441 g/mol. The van der Waals surface area contributed by atoms with E-state index in [0.717, 1.165) is 10.6 Å². The van der Waals surface area contributed by atoms with Gasteiger partial charge in [-0.05, 0) is 56.7 Å². The van der Waals surface area contributed by atoms with Crippen LogP contribution in [0.2, 0.25) is 0 Å². The van der Waals surface area contributed by atoms with Crippen LogP contribution in [-0.2, 0) is 17.9 Å². The monoisotopic (exact) mass is 440 g/mol. The Morgan fingerprint density at radius 3 is 2.65 bits per heavy atom. The van der Waals surface area contributed by atoms with E-state index in [9.17, 15) is 9.59 Å². The molecule has 164 valence electrons. The SMILES string of the molecule is CCOc1ccccc1C(=O)NCCCC(=O)N(Cc1ccco1)Cc1ccc(C)s1. The second-order valence-electron chi connectivity index (χ2n) is 7.13. The minimum absolute atomic E-state index is 0.0337. The molecule has 0 aliphatic carbocycles. The second-order valence-corrected chi connectivity index (χ2v) is 8.50. The molecule has 2 aromatic heterocycles. The molecule has 0 radical (unpaired) electrons. The van der Waals surface area contributed by atoms with Gasteiger partial charge >= 0.3 is 0 Å². The Bertz CT molecular complexity index is 981. The number of rotatable bonds is 11. The van der Waals surface area contributed by atoms with Crippen LogP contribution in [0, 0.1) is 6.92 Å². The molecule has 0 aliphatic rings. The summed E-state index contributed by atoms with van der Waals surface area (Å²) in [5.41, 5.74) is 0.503. The standard InChI is InChI=1S/C24H28N2O4S/c1-3-29-22-10-5-4-9-21(22)24(28)25-14-6-11-23(27)26(16-19-8-7-15-30-19)17-20-13-12-18(2)31-20/h4-5,7-10,12-13,15H,3,6,11,14,16-17H2,1-2H3,(H,25,28). The Morgan fingerprint density at radius 1 is 1.10 bits per heavy atom. The van der Waals surface area contributed by atoms with Gasteiger partial charge < -0.3 is 19.4 Å². The van der Waals surface area contributed by atoms with E-state index in [4.69, 9.17) is 9.15 Å². The quantitative estimate of drug-likeness (QED) is 0.435. The predicted molar refractivity (Wildman–Crippen MR) is 121 cm³/mol. The zero-order valence-corrected chi connectivity index (χ0v) is 18.7. The third kappa shape index (κ3) is 6.72. The summed E-state index contributed by atoms with van der Waals surface area (Å²) in [6.07, 6.45) is 2.51. The first-order chi connectivity index (χ1) is 15.1. The Morgan fingerprint density at radius 2 is 1.94 bits per heavy atom. The molecule has 0 atom stereocenters. The van der Waals surface area contributed by atoms with E-state index >= 15 is 0 Å². The molecule has 2 amide bonds. The minimum atomic E-state index is -0.196. The Labute approximate surface area is 186 Å². The lowest BCUT2D eigenvalue weighted by Crippen LogP contribution is -2.31. The van der Waals surface area contributed by atoms with E-state index in [2.05, 4.69) is 24.4 Å². The number of amides is 2. The van der Waals surface area contributed by atoms with Crippen molar-refractivity contribution in [3.8, 4) is 5.75 Å². The number of carbonyl (C=O) groups is 2. The first-order valence-electron chi connectivity index (χ1n) is 10.4. The summed E-state index contributed by atoms with van der Waals surface area (Å²) in [5, 5.41) is 2.88. The van der Waals surface area contributed by atoms with E-state index in [1.807, 2.05) is 25.1 Å². The van der Waals surface area contributed by atoms with E-state index in [1.54, 1.807) is 40.7 Å². The van der Waals surface area contributed by atoms with Crippen molar-refractivity contribution in [1.82, 2.24) is 10.2 Å². The lowest BCUT2D eigenvalue weighted by atomic mass is 10.2. The number of carbonyl (C=O) groups excluding carboxylic acids is 2. The first-order valence-corrected chi connectivity index (χ1v) is 11.2. The summed E-state index contributed by atoms with van der Waals surface area (Å²) in [7, 11) is 0. The fourth-order valence-electron chi connectivity index (χ4n) is 3.21. The fraction of sp³-hybridized carbons (Fsp3) is 0.333. The summed E-state index contributed by atoms with van der Waals surface area (Å²) in [5.74, 6) is 1.15. The molecular formula is C24H28N2O4S. The Kier molecular flexibility index (Phi) is 8.29. The maximum atomic E-state index is 12.9. The molecule has 0 fully saturated rings. The molecule has 0 unspecified atom stereocenters. The number of thiophene rings is 1. The number of para-hydroxylation sites is 1. The van der Waals surface area contributed by atoms with Gasteiger partial charge in [0.15, 0.2) is 0 Å². The zero-order chi connectivity index (χ0) is 22.1. The largest absolute Gasteiger partial charge is 0.493 e. The molecule has 0 saturated heterocycles. The minimum Gasteiger partial charge on any atom is -0.493 e. The van der Waals surface area contributed by atoms with Crippen LogP contribution in [0.3, 0.4) is 0 Å². The summed E-state index contributed by atoms with van der Waals surface area (Å²) < 4.78 is 10.9. The van der Waals surface area contributed by atoms with Gasteiger partial charge in [0, 0.05) is 22.7 Å². The molecule has 0 aliphatic heterocycles. The molecule has 6 nitrogen and oxygen atoms in total. The van der Waals surface area contributed by atoms with Gasteiger partial charge in [-0.2, -0.15) is 0 Å². The van der Waals surface area contributed by atoms with Gasteiger partial charge in [-0.25, -0.2) is 0 Å². The molecule has 3 rings (SSSR count). The van der Waals surface area contributed by atoms with Crippen molar-refractivity contribution < 1.29 is 18.7 Å². The maximum Gasteiger partial charge on any atom is 0.255 e. The van der Waals surface area contributed by atoms with Crippen molar-refractivity contribution >= 4 is 23.2 Å². The molecule has 1 N–H and O–H groups in total. The average Bonchev–Trinajstić information content (AvgIpc) is 3.42. The summed E-state index contributed by atoms with van der Waals surface area (Å²) in [4.78, 5) is 29.5.